The smallest absolute Gasteiger partial charge is 0.287 e. The number of carbonyl (C=O) groups excluding carboxylic acids is 1. The first-order valence-corrected chi connectivity index (χ1v) is 8.44. The van der Waals surface area contributed by atoms with Crippen molar-refractivity contribution in [2.75, 3.05) is 6.61 Å². The van der Waals surface area contributed by atoms with Crippen LogP contribution in [0.5, 0.6) is 5.75 Å². The highest BCUT2D eigenvalue weighted by Crippen LogP contribution is 2.21. The summed E-state index contributed by atoms with van der Waals surface area (Å²) in [5, 5.41) is 12.0. The molecule has 0 spiro atoms. The van der Waals surface area contributed by atoms with Crippen molar-refractivity contribution >= 4 is 5.91 Å². The molecule has 0 radical (unpaired) electrons. The fraction of sp³-hybridized carbons (Fsp3) is 0.350. The van der Waals surface area contributed by atoms with E-state index in [1.807, 2.05) is 38.1 Å². The maximum absolute atomic E-state index is 12.2. The first-order valence-electron chi connectivity index (χ1n) is 8.44. The van der Waals surface area contributed by atoms with E-state index in [-0.39, 0.29) is 36.8 Å². The predicted molar refractivity (Wildman–Crippen MR) is 94.5 cm³/mol. The molecule has 0 saturated carbocycles. The second-order valence-corrected chi connectivity index (χ2v) is 6.47. The Hall–Kier alpha value is -2.53. The van der Waals surface area contributed by atoms with Gasteiger partial charge in [-0.1, -0.05) is 29.8 Å². The number of ether oxygens (including phenoxy) is 1. The summed E-state index contributed by atoms with van der Waals surface area (Å²) in [6.07, 6.45) is 4.55. The topological polar surface area (TPSA) is 71.7 Å². The lowest BCUT2D eigenvalue weighted by molar-refractivity contribution is 0.0909. The van der Waals surface area contributed by atoms with Crippen molar-refractivity contribution < 1.29 is 19.1 Å². The highest BCUT2D eigenvalue weighted by molar-refractivity contribution is 5.91. The van der Waals surface area contributed by atoms with E-state index in [2.05, 4.69) is 11.4 Å². The van der Waals surface area contributed by atoms with Crippen molar-refractivity contribution in [2.24, 2.45) is 5.92 Å². The third-order valence-electron chi connectivity index (χ3n) is 4.31. The number of hydrogen-bond acceptors (Lipinski definition) is 4. The molecule has 1 aliphatic rings. The Balaban J connectivity index is 1.55. The average Bonchev–Trinajstić information content (AvgIpc) is 3.23. The van der Waals surface area contributed by atoms with Crippen LogP contribution < -0.4 is 10.1 Å². The lowest BCUT2D eigenvalue weighted by Crippen LogP contribution is -2.32. The van der Waals surface area contributed by atoms with Crippen LogP contribution >= 0.6 is 0 Å². The first kappa shape index (κ1) is 17.3. The summed E-state index contributed by atoms with van der Waals surface area (Å²) in [5.41, 5.74) is 2.25. The molecule has 0 unspecified atom stereocenters. The molecule has 132 valence electrons. The van der Waals surface area contributed by atoms with E-state index in [0.717, 1.165) is 11.3 Å². The molecular weight excluding hydrogens is 318 g/mol. The molecule has 1 aromatic heterocycles. The van der Waals surface area contributed by atoms with Gasteiger partial charge in [-0.15, -0.1) is 0 Å². The number of furan rings is 1. The zero-order chi connectivity index (χ0) is 17.8. The van der Waals surface area contributed by atoms with Crippen molar-refractivity contribution in [3.63, 3.8) is 0 Å². The highest BCUT2D eigenvalue weighted by Gasteiger charge is 2.21. The monoisotopic (exact) mass is 341 g/mol. The normalized spacial score (nSPS) is 19.2. The Kier molecular flexibility index (Phi) is 5.24. The van der Waals surface area contributed by atoms with Crippen molar-refractivity contribution in [2.45, 2.75) is 32.9 Å². The van der Waals surface area contributed by atoms with Crippen LogP contribution in [0.25, 0.3) is 0 Å². The van der Waals surface area contributed by atoms with Crippen LogP contribution in [-0.2, 0) is 6.61 Å². The van der Waals surface area contributed by atoms with E-state index >= 15 is 0 Å². The van der Waals surface area contributed by atoms with Gasteiger partial charge in [-0.25, -0.2) is 0 Å². The number of aliphatic hydroxyl groups is 1. The second kappa shape index (κ2) is 7.57. The molecule has 1 heterocycles. The standard InChI is InChI=1S/C20H23NO4/c1-13-3-7-18(14(2)9-13)24-12-17-6-8-19(25-17)20(23)21-16-5-4-15(10-16)11-22/h3-9,15-16,22H,10-12H2,1-2H3,(H,21,23)/t15-,16+/m0/s1. The number of rotatable bonds is 6. The van der Waals surface area contributed by atoms with Gasteiger partial charge < -0.3 is 19.6 Å². The molecule has 2 aromatic rings. The van der Waals surface area contributed by atoms with Gasteiger partial charge in [0.2, 0.25) is 0 Å². The quantitative estimate of drug-likeness (QED) is 0.792. The summed E-state index contributed by atoms with van der Waals surface area (Å²) >= 11 is 0. The third-order valence-corrected chi connectivity index (χ3v) is 4.31. The second-order valence-electron chi connectivity index (χ2n) is 6.47. The lowest BCUT2D eigenvalue weighted by Gasteiger charge is -2.11. The van der Waals surface area contributed by atoms with Crippen LogP contribution in [0.2, 0.25) is 0 Å². The molecule has 3 rings (SSSR count). The molecule has 25 heavy (non-hydrogen) atoms. The van der Waals surface area contributed by atoms with Gasteiger partial charge in [-0.05, 0) is 44.0 Å². The zero-order valence-corrected chi connectivity index (χ0v) is 14.5. The van der Waals surface area contributed by atoms with E-state index in [1.165, 1.54) is 5.56 Å². The molecule has 2 atom stereocenters. The predicted octanol–water partition coefficient (Wildman–Crippen LogP) is 3.14. The summed E-state index contributed by atoms with van der Waals surface area (Å²) in [7, 11) is 0. The Morgan fingerprint density at radius 3 is 2.84 bits per heavy atom. The van der Waals surface area contributed by atoms with E-state index in [4.69, 9.17) is 14.3 Å². The molecular formula is C20H23NO4. The van der Waals surface area contributed by atoms with Crippen LogP contribution in [0.15, 0.2) is 46.9 Å². The average molecular weight is 341 g/mol. The SMILES string of the molecule is Cc1ccc(OCc2ccc(C(=O)N[C@@H]3C=C[C@H](CO)C3)o2)c(C)c1. The van der Waals surface area contributed by atoms with Gasteiger partial charge in [0.15, 0.2) is 5.76 Å². The van der Waals surface area contributed by atoms with Crippen LogP contribution in [0.4, 0.5) is 0 Å². The van der Waals surface area contributed by atoms with Crippen molar-refractivity contribution in [1.29, 1.82) is 0 Å². The van der Waals surface area contributed by atoms with E-state index in [0.29, 0.717) is 12.2 Å². The summed E-state index contributed by atoms with van der Waals surface area (Å²) < 4.78 is 11.4. The number of carbonyl (C=O) groups is 1. The fourth-order valence-electron chi connectivity index (χ4n) is 2.94. The third kappa shape index (κ3) is 4.31. The molecule has 0 aliphatic heterocycles. The zero-order valence-electron chi connectivity index (χ0n) is 14.5. The highest BCUT2D eigenvalue weighted by atomic mass is 16.5. The summed E-state index contributed by atoms with van der Waals surface area (Å²) in [6.45, 7) is 4.41. The fourth-order valence-corrected chi connectivity index (χ4v) is 2.94. The van der Waals surface area contributed by atoms with Crippen molar-refractivity contribution in [3.8, 4) is 5.75 Å². The summed E-state index contributed by atoms with van der Waals surface area (Å²) in [4.78, 5) is 12.2. The largest absolute Gasteiger partial charge is 0.485 e. The van der Waals surface area contributed by atoms with E-state index in [1.54, 1.807) is 12.1 Å². The van der Waals surface area contributed by atoms with E-state index < -0.39 is 0 Å². The minimum atomic E-state index is -0.258. The van der Waals surface area contributed by atoms with Gasteiger partial charge in [0.05, 0.1) is 0 Å². The maximum atomic E-state index is 12.2. The minimum Gasteiger partial charge on any atom is -0.485 e. The Bertz CT molecular complexity index is 778. The molecule has 0 saturated heterocycles. The Morgan fingerprint density at radius 1 is 1.28 bits per heavy atom. The number of nitrogens with one attached hydrogen (secondary N) is 1. The molecule has 2 N–H and O–H groups in total. The molecule has 1 aromatic carbocycles. The summed E-state index contributed by atoms with van der Waals surface area (Å²) in [6, 6.07) is 9.33. The molecule has 5 nitrogen and oxygen atoms in total. The number of hydrogen-bond donors (Lipinski definition) is 2. The number of amides is 1. The van der Waals surface area contributed by atoms with Gasteiger partial charge in [-0.2, -0.15) is 0 Å². The van der Waals surface area contributed by atoms with Gasteiger partial charge >= 0.3 is 0 Å². The molecule has 1 amide bonds. The van der Waals surface area contributed by atoms with Crippen LogP contribution in [0.1, 0.15) is 33.9 Å². The van der Waals surface area contributed by atoms with Crippen molar-refractivity contribution in [1.82, 2.24) is 5.32 Å². The number of benzene rings is 1. The van der Waals surface area contributed by atoms with E-state index in [9.17, 15) is 4.79 Å². The number of aryl methyl sites for hydroxylation is 2. The van der Waals surface area contributed by atoms with Crippen LogP contribution in [0.3, 0.4) is 0 Å². The minimum absolute atomic E-state index is 0.0651. The summed E-state index contributed by atoms with van der Waals surface area (Å²) in [5.74, 6) is 1.52. The number of aliphatic hydroxyl groups excluding tert-OH is 1. The Labute approximate surface area is 147 Å². The molecule has 1 aliphatic carbocycles. The lowest BCUT2D eigenvalue weighted by atomic mass is 10.1. The Morgan fingerprint density at radius 2 is 2.12 bits per heavy atom. The van der Waals surface area contributed by atoms with Crippen LogP contribution in [0, 0.1) is 19.8 Å². The first-order chi connectivity index (χ1) is 12.0. The molecule has 0 fully saturated rings. The van der Waals surface area contributed by atoms with Gasteiger partial charge in [0.25, 0.3) is 5.91 Å². The van der Waals surface area contributed by atoms with Crippen molar-refractivity contribution in [3.05, 3.63) is 65.1 Å². The van der Waals surface area contributed by atoms with Gasteiger partial charge in [-0.3, -0.25) is 4.79 Å². The van der Waals surface area contributed by atoms with Gasteiger partial charge in [0, 0.05) is 18.6 Å². The van der Waals surface area contributed by atoms with Crippen LogP contribution in [-0.4, -0.2) is 23.7 Å². The maximum Gasteiger partial charge on any atom is 0.287 e. The molecule has 5 heteroatoms. The van der Waals surface area contributed by atoms with Gasteiger partial charge in [0.1, 0.15) is 18.1 Å². The molecule has 0 bridgehead atoms.